The summed E-state index contributed by atoms with van der Waals surface area (Å²) in [6.07, 6.45) is 17.6. The van der Waals surface area contributed by atoms with Crippen LogP contribution in [0.1, 0.15) is 90.4 Å². The maximum absolute atomic E-state index is 4.97. The van der Waals surface area contributed by atoms with Crippen molar-refractivity contribution >= 4 is 5.84 Å². The molecule has 0 spiro atoms. The van der Waals surface area contributed by atoms with E-state index >= 15 is 0 Å². The van der Waals surface area contributed by atoms with Gasteiger partial charge in [-0.3, -0.25) is 0 Å². The van der Waals surface area contributed by atoms with Gasteiger partial charge in [-0.15, -0.1) is 0 Å². The molecule has 3 nitrogen and oxygen atoms in total. The second-order valence-electron chi connectivity index (χ2n) is 5.80. The zero-order valence-electron chi connectivity index (χ0n) is 13.3. The minimum Gasteiger partial charge on any atom is -0.361 e. The number of hydroxylamine groups is 1. The zero-order valence-corrected chi connectivity index (χ0v) is 13.3. The largest absolute Gasteiger partial charge is 0.361 e. The van der Waals surface area contributed by atoms with E-state index in [1.54, 1.807) is 0 Å². The van der Waals surface area contributed by atoms with Crippen molar-refractivity contribution in [3.8, 4) is 0 Å². The van der Waals surface area contributed by atoms with Crippen LogP contribution in [0.4, 0.5) is 0 Å². The smallest absolute Gasteiger partial charge is 0.240 e. The molecule has 0 amide bonds. The van der Waals surface area contributed by atoms with Gasteiger partial charge in [-0.1, -0.05) is 77.6 Å². The molecular weight excluding hydrogens is 248 g/mol. The first kappa shape index (κ1) is 17.1. The van der Waals surface area contributed by atoms with Crippen LogP contribution in [-0.2, 0) is 4.84 Å². The molecule has 0 radical (unpaired) electrons. The molecule has 0 aromatic heterocycles. The molecule has 1 aliphatic heterocycles. The molecule has 0 aromatic carbocycles. The molecule has 20 heavy (non-hydrogen) atoms. The molecule has 0 saturated carbocycles. The quantitative estimate of drug-likeness (QED) is 0.453. The molecule has 0 unspecified atom stereocenters. The van der Waals surface area contributed by atoms with Gasteiger partial charge in [-0.2, -0.15) is 4.99 Å². The van der Waals surface area contributed by atoms with E-state index in [4.69, 9.17) is 4.84 Å². The van der Waals surface area contributed by atoms with Gasteiger partial charge in [0.2, 0.25) is 5.88 Å². The summed E-state index contributed by atoms with van der Waals surface area (Å²) in [5.74, 6) is 1.42. The second-order valence-corrected chi connectivity index (χ2v) is 5.80. The van der Waals surface area contributed by atoms with Gasteiger partial charge in [0.1, 0.15) is 5.84 Å². The minimum atomic E-state index is 0.485. The highest BCUT2D eigenvalue weighted by Crippen LogP contribution is 2.13. The van der Waals surface area contributed by atoms with Crippen molar-refractivity contribution in [3.63, 3.8) is 0 Å². The normalized spacial score (nSPS) is 14.1. The van der Waals surface area contributed by atoms with E-state index < -0.39 is 0 Å². The van der Waals surface area contributed by atoms with E-state index in [0.717, 1.165) is 12.3 Å². The summed E-state index contributed by atoms with van der Waals surface area (Å²) in [7, 11) is 0. The fourth-order valence-electron chi connectivity index (χ4n) is 2.55. The number of hydrogen-bond acceptors (Lipinski definition) is 3. The fourth-order valence-corrected chi connectivity index (χ4v) is 2.55. The minimum absolute atomic E-state index is 0.485. The Kier molecular flexibility index (Phi) is 10.1. The van der Waals surface area contributed by atoms with Gasteiger partial charge in [-0.25, -0.2) is 5.48 Å². The molecule has 0 aliphatic carbocycles. The Bertz CT molecular complexity index is 287. The Morgan fingerprint density at radius 3 is 1.80 bits per heavy atom. The topological polar surface area (TPSA) is 33.6 Å². The summed E-state index contributed by atoms with van der Waals surface area (Å²) in [5, 5.41) is 0. The highest BCUT2D eigenvalue weighted by atomic mass is 16.7. The SMILES string of the molecule is C=C1N=C(CCCCCCCCCCCCCC)NO1. The van der Waals surface area contributed by atoms with Crippen molar-refractivity contribution in [2.45, 2.75) is 90.4 Å². The summed E-state index contributed by atoms with van der Waals surface area (Å²) in [6, 6.07) is 0. The monoisotopic (exact) mass is 280 g/mol. The number of rotatable bonds is 13. The number of aliphatic imine (C=N–C) groups is 1. The first-order valence-corrected chi connectivity index (χ1v) is 8.52. The van der Waals surface area contributed by atoms with Gasteiger partial charge in [0.15, 0.2) is 0 Å². The molecule has 0 atom stereocenters. The van der Waals surface area contributed by atoms with Gasteiger partial charge >= 0.3 is 0 Å². The number of nitrogens with zero attached hydrogens (tertiary/aromatic N) is 1. The predicted molar refractivity (Wildman–Crippen MR) is 86.5 cm³/mol. The molecule has 1 N–H and O–H groups in total. The molecule has 0 bridgehead atoms. The van der Waals surface area contributed by atoms with Crippen molar-refractivity contribution in [1.82, 2.24) is 5.48 Å². The van der Waals surface area contributed by atoms with Gasteiger partial charge in [0, 0.05) is 6.42 Å². The Balaban J connectivity index is 1.74. The maximum Gasteiger partial charge on any atom is 0.240 e. The van der Waals surface area contributed by atoms with Crippen molar-refractivity contribution in [1.29, 1.82) is 0 Å². The van der Waals surface area contributed by atoms with E-state index in [0.29, 0.717) is 5.88 Å². The van der Waals surface area contributed by atoms with Crippen molar-refractivity contribution in [2.24, 2.45) is 4.99 Å². The average Bonchev–Trinajstić information content (AvgIpc) is 2.86. The molecule has 1 aliphatic rings. The van der Waals surface area contributed by atoms with Gasteiger partial charge in [-0.05, 0) is 13.0 Å². The molecule has 0 fully saturated rings. The first-order valence-electron chi connectivity index (χ1n) is 8.52. The van der Waals surface area contributed by atoms with Crippen LogP contribution >= 0.6 is 0 Å². The van der Waals surface area contributed by atoms with E-state index in [-0.39, 0.29) is 0 Å². The third-order valence-electron chi connectivity index (χ3n) is 3.81. The van der Waals surface area contributed by atoms with Crippen molar-refractivity contribution < 1.29 is 4.84 Å². The van der Waals surface area contributed by atoms with Crippen LogP contribution in [0.3, 0.4) is 0 Å². The van der Waals surface area contributed by atoms with Gasteiger partial charge in [0.25, 0.3) is 0 Å². The van der Waals surface area contributed by atoms with Gasteiger partial charge < -0.3 is 4.84 Å². The Hall–Kier alpha value is -0.990. The van der Waals surface area contributed by atoms with E-state index in [9.17, 15) is 0 Å². The van der Waals surface area contributed by atoms with Crippen LogP contribution in [0.2, 0.25) is 0 Å². The van der Waals surface area contributed by atoms with Crippen LogP contribution in [0.15, 0.2) is 17.5 Å². The third-order valence-corrected chi connectivity index (χ3v) is 3.81. The Labute approximate surface area is 124 Å². The molecular formula is C17H32N2O. The van der Waals surface area contributed by atoms with E-state index in [1.807, 2.05) is 0 Å². The highest BCUT2D eigenvalue weighted by molar-refractivity contribution is 5.83. The summed E-state index contributed by atoms with van der Waals surface area (Å²) in [4.78, 5) is 9.14. The zero-order chi connectivity index (χ0) is 14.5. The fraction of sp³-hybridized carbons (Fsp3) is 0.824. The Morgan fingerprint density at radius 1 is 0.850 bits per heavy atom. The lowest BCUT2D eigenvalue weighted by atomic mass is 10.0. The van der Waals surface area contributed by atoms with Crippen LogP contribution in [0.5, 0.6) is 0 Å². The standard InChI is InChI=1S/C17H32N2O/c1-3-4-5-6-7-8-9-10-11-12-13-14-15-17-18-16(2)20-19-17/h2-15H2,1H3,(H,18,19). The summed E-state index contributed by atoms with van der Waals surface area (Å²) >= 11 is 0. The maximum atomic E-state index is 4.97. The molecule has 1 rings (SSSR count). The van der Waals surface area contributed by atoms with Crippen LogP contribution in [0, 0.1) is 0 Å². The number of nitrogens with one attached hydrogen (secondary N) is 1. The molecule has 1 heterocycles. The van der Waals surface area contributed by atoms with Crippen molar-refractivity contribution in [2.75, 3.05) is 0 Å². The third kappa shape index (κ3) is 9.00. The number of unbranched alkanes of at least 4 members (excludes halogenated alkanes) is 11. The second kappa shape index (κ2) is 11.8. The first-order chi connectivity index (χ1) is 9.83. The lowest BCUT2D eigenvalue weighted by Gasteiger charge is -2.03. The molecule has 0 aromatic rings. The van der Waals surface area contributed by atoms with Crippen molar-refractivity contribution in [3.05, 3.63) is 12.5 Å². The summed E-state index contributed by atoms with van der Waals surface area (Å²) < 4.78 is 0. The van der Waals surface area contributed by atoms with Crippen LogP contribution in [0.25, 0.3) is 0 Å². The number of hydrogen-bond donors (Lipinski definition) is 1. The predicted octanol–water partition coefficient (Wildman–Crippen LogP) is 5.48. The molecule has 116 valence electrons. The highest BCUT2D eigenvalue weighted by Gasteiger charge is 2.08. The molecule has 3 heteroatoms. The average molecular weight is 280 g/mol. The van der Waals surface area contributed by atoms with Crippen LogP contribution in [-0.4, -0.2) is 5.84 Å². The Morgan fingerprint density at radius 2 is 1.35 bits per heavy atom. The molecule has 0 saturated heterocycles. The lowest BCUT2D eigenvalue weighted by Crippen LogP contribution is -2.15. The van der Waals surface area contributed by atoms with Crippen LogP contribution < -0.4 is 5.48 Å². The summed E-state index contributed by atoms with van der Waals surface area (Å²) in [6.45, 7) is 5.92. The number of amidine groups is 1. The van der Waals surface area contributed by atoms with Gasteiger partial charge in [0.05, 0.1) is 0 Å². The lowest BCUT2D eigenvalue weighted by molar-refractivity contribution is 0.177. The van der Waals surface area contributed by atoms with E-state index in [1.165, 1.54) is 77.0 Å². The summed E-state index contributed by atoms with van der Waals surface area (Å²) in [5.41, 5.74) is 2.80. The van der Waals surface area contributed by atoms with E-state index in [2.05, 4.69) is 24.0 Å².